The molecule has 2 aromatic carbocycles. The molecule has 5 heteroatoms. The van der Waals surface area contributed by atoms with Crippen LogP contribution in [0.15, 0.2) is 42.5 Å². The quantitative estimate of drug-likeness (QED) is 0.931. The number of anilines is 1. The first-order valence-electron chi connectivity index (χ1n) is 6.94. The normalized spacial score (nSPS) is 13.0. The van der Waals surface area contributed by atoms with Gasteiger partial charge >= 0.3 is 0 Å². The van der Waals surface area contributed by atoms with Crippen LogP contribution in [0.25, 0.3) is 0 Å². The van der Waals surface area contributed by atoms with Gasteiger partial charge in [-0.15, -0.1) is 0 Å². The number of fused-ring (bicyclic) bond motifs is 1. The summed E-state index contributed by atoms with van der Waals surface area (Å²) < 4.78 is 10.6. The molecule has 0 aliphatic carbocycles. The van der Waals surface area contributed by atoms with Crippen LogP contribution in [0.4, 0.5) is 5.69 Å². The number of nitrogens with one attached hydrogen (secondary N) is 1. The zero-order valence-corrected chi connectivity index (χ0v) is 13.1. The monoisotopic (exact) mass is 317 g/mol. The number of rotatable bonds is 3. The molecule has 22 heavy (non-hydrogen) atoms. The third kappa shape index (κ3) is 2.74. The number of hydrogen-bond donors (Lipinski definition) is 1. The minimum Gasteiger partial charge on any atom is -0.454 e. The Hall–Kier alpha value is -2.20. The number of benzene rings is 2. The summed E-state index contributed by atoms with van der Waals surface area (Å²) in [6.45, 7) is 3.93. The summed E-state index contributed by atoms with van der Waals surface area (Å²) in [4.78, 5) is 12.6. The third-order valence-corrected chi connectivity index (χ3v) is 3.98. The summed E-state index contributed by atoms with van der Waals surface area (Å²) in [6, 6.07) is 12.7. The summed E-state index contributed by atoms with van der Waals surface area (Å²) in [7, 11) is 0. The van der Waals surface area contributed by atoms with Crippen LogP contribution in [0.3, 0.4) is 0 Å². The van der Waals surface area contributed by atoms with Gasteiger partial charge in [-0.05, 0) is 43.7 Å². The molecule has 3 rings (SSSR count). The first-order chi connectivity index (χ1) is 10.5. The lowest BCUT2D eigenvalue weighted by atomic mass is 9.83. The van der Waals surface area contributed by atoms with Gasteiger partial charge in [-0.2, -0.15) is 0 Å². The molecular formula is C17H16ClNO3. The molecule has 0 aromatic heterocycles. The van der Waals surface area contributed by atoms with Crippen LogP contribution in [0.5, 0.6) is 11.5 Å². The van der Waals surface area contributed by atoms with Gasteiger partial charge in [0, 0.05) is 16.8 Å². The highest BCUT2D eigenvalue weighted by Gasteiger charge is 2.30. The molecule has 0 spiro atoms. The lowest BCUT2D eigenvalue weighted by Gasteiger charge is -2.24. The van der Waals surface area contributed by atoms with Crippen LogP contribution in [-0.4, -0.2) is 12.7 Å². The Balaban J connectivity index is 1.81. The van der Waals surface area contributed by atoms with Gasteiger partial charge in [0.25, 0.3) is 0 Å². The van der Waals surface area contributed by atoms with Crippen molar-refractivity contribution in [2.45, 2.75) is 19.3 Å². The van der Waals surface area contributed by atoms with E-state index < -0.39 is 5.41 Å². The Kier molecular flexibility index (Phi) is 3.71. The Morgan fingerprint density at radius 2 is 1.91 bits per heavy atom. The maximum absolute atomic E-state index is 12.6. The molecule has 1 heterocycles. The van der Waals surface area contributed by atoms with E-state index in [4.69, 9.17) is 21.1 Å². The van der Waals surface area contributed by atoms with Crippen LogP contribution in [-0.2, 0) is 10.2 Å². The van der Waals surface area contributed by atoms with Gasteiger partial charge in [0.2, 0.25) is 12.7 Å². The van der Waals surface area contributed by atoms with E-state index in [1.54, 1.807) is 30.3 Å². The number of halogens is 1. The second-order valence-electron chi connectivity index (χ2n) is 5.66. The zero-order valence-electron chi connectivity index (χ0n) is 12.4. The molecule has 1 aliphatic rings. The molecular weight excluding hydrogens is 302 g/mol. The SMILES string of the molecule is CC(C)(C(=O)Nc1ccc2c(c1)OCO2)c1cccc(Cl)c1. The molecule has 114 valence electrons. The summed E-state index contributed by atoms with van der Waals surface area (Å²) in [5.41, 5.74) is 0.823. The van der Waals surface area contributed by atoms with Crippen molar-refractivity contribution in [3.63, 3.8) is 0 Å². The highest BCUT2D eigenvalue weighted by atomic mass is 35.5. The van der Waals surface area contributed by atoms with Gasteiger partial charge in [0.05, 0.1) is 5.41 Å². The Morgan fingerprint density at radius 1 is 1.14 bits per heavy atom. The highest BCUT2D eigenvalue weighted by molar-refractivity contribution is 6.30. The number of ether oxygens (including phenoxy) is 2. The van der Waals surface area contributed by atoms with Crippen molar-refractivity contribution < 1.29 is 14.3 Å². The van der Waals surface area contributed by atoms with Gasteiger partial charge in [0.1, 0.15) is 0 Å². The molecule has 4 nitrogen and oxygen atoms in total. The first kappa shape index (κ1) is 14.7. The fourth-order valence-electron chi connectivity index (χ4n) is 2.27. The molecule has 0 saturated carbocycles. The summed E-state index contributed by atoms with van der Waals surface area (Å²) in [5.74, 6) is 1.21. The van der Waals surface area contributed by atoms with Gasteiger partial charge in [-0.3, -0.25) is 4.79 Å². The number of amides is 1. The summed E-state index contributed by atoms with van der Waals surface area (Å²) in [6.07, 6.45) is 0. The smallest absolute Gasteiger partial charge is 0.234 e. The zero-order chi connectivity index (χ0) is 15.7. The fourth-order valence-corrected chi connectivity index (χ4v) is 2.46. The molecule has 1 amide bonds. The maximum atomic E-state index is 12.6. The number of hydrogen-bond acceptors (Lipinski definition) is 3. The van der Waals surface area contributed by atoms with E-state index >= 15 is 0 Å². The lowest BCUT2D eigenvalue weighted by Crippen LogP contribution is -2.34. The second kappa shape index (κ2) is 5.54. The Labute approximate surface area is 134 Å². The predicted molar refractivity (Wildman–Crippen MR) is 85.7 cm³/mol. The van der Waals surface area contributed by atoms with Crippen molar-refractivity contribution >= 4 is 23.2 Å². The second-order valence-corrected chi connectivity index (χ2v) is 6.09. The van der Waals surface area contributed by atoms with E-state index in [0.717, 1.165) is 5.56 Å². The number of carbonyl (C=O) groups excluding carboxylic acids is 1. The van der Waals surface area contributed by atoms with Crippen LogP contribution in [0.1, 0.15) is 19.4 Å². The Bertz CT molecular complexity index is 728. The molecule has 0 saturated heterocycles. The van der Waals surface area contributed by atoms with E-state index in [0.29, 0.717) is 22.2 Å². The molecule has 0 atom stereocenters. The topological polar surface area (TPSA) is 47.6 Å². The molecule has 0 radical (unpaired) electrons. The fraction of sp³-hybridized carbons (Fsp3) is 0.235. The van der Waals surface area contributed by atoms with Crippen molar-refractivity contribution in [3.8, 4) is 11.5 Å². The molecule has 0 fully saturated rings. The molecule has 0 unspecified atom stereocenters. The average Bonchev–Trinajstić information content (AvgIpc) is 2.94. The van der Waals surface area contributed by atoms with Gasteiger partial charge in [-0.1, -0.05) is 23.7 Å². The van der Waals surface area contributed by atoms with Gasteiger partial charge in [-0.25, -0.2) is 0 Å². The summed E-state index contributed by atoms with van der Waals surface area (Å²) >= 11 is 6.02. The molecule has 1 N–H and O–H groups in total. The highest BCUT2D eigenvalue weighted by Crippen LogP contribution is 2.35. The minimum atomic E-state index is -0.707. The van der Waals surface area contributed by atoms with Crippen LogP contribution in [0, 0.1) is 0 Å². The van der Waals surface area contributed by atoms with Gasteiger partial charge < -0.3 is 14.8 Å². The molecule has 2 aromatic rings. The van der Waals surface area contributed by atoms with Gasteiger partial charge in [0.15, 0.2) is 11.5 Å². The van der Waals surface area contributed by atoms with E-state index in [1.165, 1.54) is 0 Å². The van der Waals surface area contributed by atoms with Crippen molar-refractivity contribution in [1.29, 1.82) is 0 Å². The maximum Gasteiger partial charge on any atom is 0.234 e. The third-order valence-electron chi connectivity index (χ3n) is 3.74. The van der Waals surface area contributed by atoms with E-state index in [-0.39, 0.29) is 12.7 Å². The van der Waals surface area contributed by atoms with E-state index in [9.17, 15) is 4.79 Å². The Morgan fingerprint density at radius 3 is 2.68 bits per heavy atom. The minimum absolute atomic E-state index is 0.117. The average molecular weight is 318 g/mol. The van der Waals surface area contributed by atoms with Crippen LogP contribution < -0.4 is 14.8 Å². The van der Waals surface area contributed by atoms with Crippen LogP contribution >= 0.6 is 11.6 Å². The molecule has 0 bridgehead atoms. The number of carbonyl (C=O) groups is 1. The predicted octanol–water partition coefficient (Wildman–Crippen LogP) is 3.99. The van der Waals surface area contributed by atoms with Crippen molar-refractivity contribution in [2.24, 2.45) is 0 Å². The summed E-state index contributed by atoms with van der Waals surface area (Å²) in [5, 5.41) is 3.52. The van der Waals surface area contributed by atoms with E-state index in [1.807, 2.05) is 26.0 Å². The van der Waals surface area contributed by atoms with Crippen LogP contribution in [0.2, 0.25) is 5.02 Å². The first-order valence-corrected chi connectivity index (χ1v) is 7.32. The van der Waals surface area contributed by atoms with Crippen molar-refractivity contribution in [1.82, 2.24) is 0 Å². The standard InChI is InChI=1S/C17H16ClNO3/c1-17(2,11-4-3-5-12(18)8-11)16(20)19-13-6-7-14-15(9-13)22-10-21-14/h3-9H,10H2,1-2H3,(H,19,20). The van der Waals surface area contributed by atoms with E-state index in [2.05, 4.69) is 5.32 Å². The lowest BCUT2D eigenvalue weighted by molar-refractivity contribution is -0.120. The molecule has 1 aliphatic heterocycles. The largest absolute Gasteiger partial charge is 0.454 e. The van der Waals surface area contributed by atoms with Crippen molar-refractivity contribution in [2.75, 3.05) is 12.1 Å². The van der Waals surface area contributed by atoms with Crippen molar-refractivity contribution in [3.05, 3.63) is 53.1 Å².